The maximum Gasteiger partial charge on any atom is 0.255 e. The molecule has 0 bridgehead atoms. The molecule has 0 atom stereocenters. The van der Waals surface area contributed by atoms with Crippen LogP contribution in [0.2, 0.25) is 0 Å². The molecule has 1 amide bonds. The minimum absolute atomic E-state index is 0.0555. The Morgan fingerprint density at radius 2 is 2.00 bits per heavy atom. The summed E-state index contributed by atoms with van der Waals surface area (Å²) in [4.78, 5) is 12.4. The lowest BCUT2D eigenvalue weighted by Gasteiger charge is -2.19. The lowest BCUT2D eigenvalue weighted by Crippen LogP contribution is -2.30. The predicted molar refractivity (Wildman–Crippen MR) is 87.8 cm³/mol. The summed E-state index contributed by atoms with van der Waals surface area (Å²) in [7, 11) is 0. The normalized spacial score (nSPS) is 13.2. The number of nitrogens with one attached hydrogen (secondary N) is 1. The van der Waals surface area contributed by atoms with Gasteiger partial charge in [0.15, 0.2) is 11.5 Å². The molecule has 0 aliphatic carbocycles. The van der Waals surface area contributed by atoms with Crippen molar-refractivity contribution in [1.82, 2.24) is 5.32 Å². The highest BCUT2D eigenvalue weighted by Gasteiger charge is 2.21. The van der Waals surface area contributed by atoms with Crippen LogP contribution < -0.4 is 20.5 Å². The Balaban J connectivity index is 2.00. The number of rotatable bonds is 3. The van der Waals surface area contributed by atoms with Gasteiger partial charge in [-0.05, 0) is 31.5 Å². The lowest BCUT2D eigenvalue weighted by atomic mass is 10.0. The highest BCUT2D eigenvalue weighted by Crippen LogP contribution is 2.39. The van der Waals surface area contributed by atoms with Gasteiger partial charge in [-0.25, -0.2) is 0 Å². The van der Waals surface area contributed by atoms with Crippen molar-refractivity contribution in [3.05, 3.63) is 29.1 Å². The van der Waals surface area contributed by atoms with Crippen molar-refractivity contribution in [2.24, 2.45) is 0 Å². The number of fused-ring (bicyclic) bond motifs is 1. The predicted octanol–water partition coefficient (Wildman–Crippen LogP) is 2.91. The van der Waals surface area contributed by atoms with E-state index < -0.39 is 0 Å². The Morgan fingerprint density at radius 1 is 1.27 bits per heavy atom. The number of nitrogens with two attached hydrogens (primary N) is 1. The quantitative estimate of drug-likeness (QED) is 0.912. The molecule has 2 heterocycles. The second-order valence-electron chi connectivity index (χ2n) is 5.38. The lowest BCUT2D eigenvalue weighted by molar-refractivity contribution is 0.0945. The van der Waals surface area contributed by atoms with Crippen LogP contribution in [0.15, 0.2) is 23.6 Å². The van der Waals surface area contributed by atoms with E-state index in [2.05, 4.69) is 5.32 Å². The maximum atomic E-state index is 12.4. The first-order valence-corrected chi connectivity index (χ1v) is 8.02. The second kappa shape index (κ2) is 5.88. The Hall–Kier alpha value is -2.21. The van der Waals surface area contributed by atoms with Gasteiger partial charge in [0, 0.05) is 17.0 Å². The zero-order chi connectivity index (χ0) is 15.7. The van der Waals surface area contributed by atoms with Crippen molar-refractivity contribution in [3.8, 4) is 22.6 Å². The molecule has 3 N–H and O–H groups in total. The van der Waals surface area contributed by atoms with Crippen LogP contribution in [0.5, 0.6) is 11.5 Å². The smallest absolute Gasteiger partial charge is 0.255 e. The summed E-state index contributed by atoms with van der Waals surface area (Å²) in [6.07, 6.45) is 0. The van der Waals surface area contributed by atoms with E-state index in [9.17, 15) is 4.79 Å². The average Bonchev–Trinajstić information content (AvgIpc) is 2.88. The third-order valence-corrected chi connectivity index (χ3v) is 4.13. The molecule has 3 rings (SSSR count). The molecule has 0 radical (unpaired) electrons. The van der Waals surface area contributed by atoms with Crippen molar-refractivity contribution < 1.29 is 14.3 Å². The monoisotopic (exact) mass is 318 g/mol. The summed E-state index contributed by atoms with van der Waals surface area (Å²) in [5.74, 6) is 1.27. The third-order valence-electron chi connectivity index (χ3n) is 3.32. The molecule has 5 nitrogen and oxygen atoms in total. The molecule has 116 valence electrons. The topological polar surface area (TPSA) is 73.6 Å². The van der Waals surface area contributed by atoms with Crippen LogP contribution >= 0.6 is 11.3 Å². The molecule has 0 unspecified atom stereocenters. The first kappa shape index (κ1) is 14.7. The number of anilines is 1. The first-order valence-electron chi connectivity index (χ1n) is 7.14. The maximum absolute atomic E-state index is 12.4. The van der Waals surface area contributed by atoms with E-state index in [4.69, 9.17) is 15.2 Å². The molecule has 1 aromatic heterocycles. The SMILES string of the molecule is CC(C)NC(=O)c1c(-c2ccc3c(c2)OCCO3)csc1N. The Morgan fingerprint density at radius 3 is 2.73 bits per heavy atom. The summed E-state index contributed by atoms with van der Waals surface area (Å²) in [5, 5.41) is 5.31. The molecule has 0 saturated carbocycles. The molecule has 22 heavy (non-hydrogen) atoms. The molecule has 1 aliphatic rings. The van der Waals surface area contributed by atoms with E-state index >= 15 is 0 Å². The third kappa shape index (κ3) is 2.74. The van der Waals surface area contributed by atoms with Crippen molar-refractivity contribution in [2.75, 3.05) is 18.9 Å². The van der Waals surface area contributed by atoms with Gasteiger partial charge in [-0.3, -0.25) is 4.79 Å². The second-order valence-corrected chi connectivity index (χ2v) is 6.29. The molecule has 2 aromatic rings. The van der Waals surface area contributed by atoms with Crippen molar-refractivity contribution in [3.63, 3.8) is 0 Å². The highest BCUT2D eigenvalue weighted by atomic mass is 32.1. The van der Waals surface area contributed by atoms with E-state index in [0.717, 1.165) is 16.9 Å². The van der Waals surface area contributed by atoms with Gasteiger partial charge in [-0.15, -0.1) is 11.3 Å². The summed E-state index contributed by atoms with van der Waals surface area (Å²) in [5.41, 5.74) is 8.23. The molecular weight excluding hydrogens is 300 g/mol. The molecule has 6 heteroatoms. The van der Waals surface area contributed by atoms with Crippen LogP contribution in [0.4, 0.5) is 5.00 Å². The fourth-order valence-corrected chi connectivity index (χ4v) is 3.18. The van der Waals surface area contributed by atoms with Gasteiger partial charge in [0.25, 0.3) is 5.91 Å². The highest BCUT2D eigenvalue weighted by molar-refractivity contribution is 7.15. The molecule has 0 saturated heterocycles. The zero-order valence-corrected chi connectivity index (χ0v) is 13.3. The summed E-state index contributed by atoms with van der Waals surface area (Å²) < 4.78 is 11.1. The first-order chi connectivity index (χ1) is 10.6. The van der Waals surface area contributed by atoms with Crippen LogP contribution in [0.3, 0.4) is 0 Å². The Labute approximate surface area is 133 Å². The number of carbonyl (C=O) groups is 1. The van der Waals surface area contributed by atoms with Crippen LogP contribution in [-0.2, 0) is 0 Å². The number of nitrogen functional groups attached to an aromatic ring is 1. The van der Waals surface area contributed by atoms with E-state index in [1.54, 1.807) is 0 Å². The van der Waals surface area contributed by atoms with Crippen LogP contribution in [0.25, 0.3) is 11.1 Å². The summed E-state index contributed by atoms with van der Waals surface area (Å²) >= 11 is 1.36. The zero-order valence-electron chi connectivity index (χ0n) is 12.5. The fourth-order valence-electron chi connectivity index (χ4n) is 2.36. The van der Waals surface area contributed by atoms with Crippen LogP contribution in [0, 0.1) is 0 Å². The van der Waals surface area contributed by atoms with Gasteiger partial charge >= 0.3 is 0 Å². The number of ether oxygens (including phenoxy) is 2. The van der Waals surface area contributed by atoms with Crippen LogP contribution in [-0.4, -0.2) is 25.2 Å². The van der Waals surface area contributed by atoms with Crippen molar-refractivity contribution in [2.45, 2.75) is 19.9 Å². The van der Waals surface area contributed by atoms with E-state index in [-0.39, 0.29) is 11.9 Å². The van der Waals surface area contributed by atoms with E-state index in [0.29, 0.717) is 29.5 Å². The number of benzene rings is 1. The number of hydrogen-bond acceptors (Lipinski definition) is 5. The van der Waals surface area contributed by atoms with Crippen molar-refractivity contribution in [1.29, 1.82) is 0 Å². The largest absolute Gasteiger partial charge is 0.486 e. The Kier molecular flexibility index (Phi) is 3.94. The Bertz CT molecular complexity index is 709. The summed E-state index contributed by atoms with van der Waals surface area (Å²) in [6, 6.07) is 5.73. The van der Waals surface area contributed by atoms with Gasteiger partial charge in [-0.2, -0.15) is 0 Å². The minimum atomic E-state index is -0.154. The van der Waals surface area contributed by atoms with Gasteiger partial charge in [-0.1, -0.05) is 6.07 Å². The van der Waals surface area contributed by atoms with Crippen LogP contribution in [0.1, 0.15) is 24.2 Å². The van der Waals surface area contributed by atoms with E-state index in [1.807, 2.05) is 37.4 Å². The van der Waals surface area contributed by atoms with Gasteiger partial charge in [0.05, 0.1) is 10.6 Å². The van der Waals surface area contributed by atoms with E-state index in [1.165, 1.54) is 11.3 Å². The van der Waals surface area contributed by atoms with Crippen molar-refractivity contribution >= 4 is 22.2 Å². The molecule has 1 aliphatic heterocycles. The van der Waals surface area contributed by atoms with Gasteiger partial charge in [0.2, 0.25) is 0 Å². The average molecular weight is 318 g/mol. The number of amides is 1. The molecular formula is C16H18N2O3S. The standard InChI is InChI=1S/C16H18N2O3S/c1-9(2)18-16(19)14-11(8-22-15(14)17)10-3-4-12-13(7-10)21-6-5-20-12/h3-4,7-9H,5-6,17H2,1-2H3,(H,18,19). The molecule has 0 spiro atoms. The fraction of sp³-hybridized carbons (Fsp3) is 0.312. The van der Waals surface area contributed by atoms with Gasteiger partial charge < -0.3 is 20.5 Å². The molecule has 0 fully saturated rings. The minimum Gasteiger partial charge on any atom is -0.486 e. The number of hydrogen-bond donors (Lipinski definition) is 2. The van der Waals surface area contributed by atoms with Gasteiger partial charge in [0.1, 0.15) is 13.2 Å². The number of carbonyl (C=O) groups excluding carboxylic acids is 1. The summed E-state index contributed by atoms with van der Waals surface area (Å²) in [6.45, 7) is 4.93. The molecule has 1 aromatic carbocycles. The number of thiophene rings is 1.